The molecule has 0 amide bonds. The summed E-state index contributed by atoms with van der Waals surface area (Å²) in [5.41, 5.74) is 1.54. The summed E-state index contributed by atoms with van der Waals surface area (Å²) in [6, 6.07) is 4.25. The van der Waals surface area contributed by atoms with Crippen LogP contribution in [0.1, 0.15) is 45.6 Å². The lowest BCUT2D eigenvalue weighted by atomic mass is 9.89. The molecule has 0 aromatic heterocycles. The lowest BCUT2D eigenvalue weighted by Crippen LogP contribution is -2.43. The molecule has 1 aliphatic heterocycles. The molecule has 4 heteroatoms. The number of thioether (sulfide) groups is 1. The van der Waals surface area contributed by atoms with Gasteiger partial charge < -0.3 is 14.8 Å². The molecule has 1 heterocycles. The highest BCUT2D eigenvalue weighted by atomic mass is 32.2. The van der Waals surface area contributed by atoms with Crippen LogP contribution in [-0.4, -0.2) is 25.0 Å². The van der Waals surface area contributed by atoms with E-state index in [-0.39, 0.29) is 5.54 Å². The van der Waals surface area contributed by atoms with Crippen molar-refractivity contribution in [2.75, 3.05) is 19.5 Å². The Morgan fingerprint density at radius 1 is 1.05 bits per heavy atom. The molecule has 118 valence electrons. The third kappa shape index (κ3) is 3.67. The van der Waals surface area contributed by atoms with Crippen LogP contribution in [-0.2, 0) is 6.54 Å². The third-order valence-electron chi connectivity index (χ3n) is 4.63. The molecule has 0 fully saturated rings. The highest BCUT2D eigenvalue weighted by Crippen LogP contribution is 2.37. The van der Waals surface area contributed by atoms with Gasteiger partial charge in [-0.25, -0.2) is 0 Å². The number of fused-ring (bicyclic) bond motifs is 1. The highest BCUT2D eigenvalue weighted by Gasteiger charge is 2.24. The van der Waals surface area contributed by atoms with Crippen molar-refractivity contribution < 1.29 is 9.47 Å². The van der Waals surface area contributed by atoms with Gasteiger partial charge in [-0.1, -0.05) is 20.8 Å². The second-order valence-corrected chi connectivity index (χ2v) is 6.35. The monoisotopic (exact) mass is 309 g/mol. The molecular weight excluding hydrogens is 282 g/mol. The first-order chi connectivity index (χ1) is 10.2. The average molecular weight is 309 g/mol. The molecule has 0 unspecified atom stereocenters. The molecule has 1 N–H and O–H groups in total. The van der Waals surface area contributed by atoms with Crippen molar-refractivity contribution >= 4 is 11.8 Å². The number of rotatable bonds is 7. The minimum atomic E-state index is 0.239. The number of hydrogen-bond donors (Lipinski definition) is 1. The number of benzene rings is 1. The van der Waals surface area contributed by atoms with E-state index in [1.807, 2.05) is 0 Å². The van der Waals surface area contributed by atoms with Crippen molar-refractivity contribution in [2.24, 2.45) is 0 Å². The number of hydrogen-bond acceptors (Lipinski definition) is 4. The fourth-order valence-corrected chi connectivity index (χ4v) is 3.47. The maximum Gasteiger partial charge on any atom is 0.162 e. The Bertz CT molecular complexity index is 464. The van der Waals surface area contributed by atoms with Crippen molar-refractivity contribution in [3.8, 4) is 11.5 Å². The molecule has 0 saturated carbocycles. The molecule has 1 aromatic rings. The SMILES string of the molecule is CCC(CC)(CC)NCc1cc2c(cc1SC)OCCO2. The second kappa shape index (κ2) is 7.41. The summed E-state index contributed by atoms with van der Waals surface area (Å²) in [7, 11) is 0. The zero-order valence-electron chi connectivity index (χ0n) is 13.6. The highest BCUT2D eigenvalue weighted by molar-refractivity contribution is 7.98. The van der Waals surface area contributed by atoms with Crippen LogP contribution in [0, 0.1) is 0 Å². The van der Waals surface area contributed by atoms with Crippen molar-refractivity contribution in [1.29, 1.82) is 0 Å². The van der Waals surface area contributed by atoms with Gasteiger partial charge in [0, 0.05) is 17.0 Å². The van der Waals surface area contributed by atoms with Gasteiger partial charge in [-0.3, -0.25) is 0 Å². The molecule has 0 saturated heterocycles. The van der Waals surface area contributed by atoms with Gasteiger partial charge in [0.25, 0.3) is 0 Å². The lowest BCUT2D eigenvalue weighted by Gasteiger charge is -2.32. The molecule has 3 nitrogen and oxygen atoms in total. The quantitative estimate of drug-likeness (QED) is 0.763. The summed E-state index contributed by atoms with van der Waals surface area (Å²) >= 11 is 1.77. The van der Waals surface area contributed by atoms with Crippen LogP contribution in [0.15, 0.2) is 17.0 Å². The Morgan fingerprint density at radius 2 is 1.62 bits per heavy atom. The minimum absolute atomic E-state index is 0.239. The zero-order chi connectivity index (χ0) is 15.3. The summed E-state index contributed by atoms with van der Waals surface area (Å²) in [5, 5.41) is 3.77. The van der Waals surface area contributed by atoms with Crippen molar-refractivity contribution in [2.45, 2.75) is 57.0 Å². The Kier molecular flexibility index (Phi) is 5.82. The summed E-state index contributed by atoms with van der Waals surface area (Å²) in [4.78, 5) is 1.27. The molecule has 1 aromatic carbocycles. The largest absolute Gasteiger partial charge is 0.486 e. The van der Waals surface area contributed by atoms with Gasteiger partial charge in [0.15, 0.2) is 11.5 Å². The summed E-state index contributed by atoms with van der Waals surface area (Å²) < 4.78 is 11.4. The lowest BCUT2D eigenvalue weighted by molar-refractivity contribution is 0.170. The summed E-state index contributed by atoms with van der Waals surface area (Å²) in [6.45, 7) is 8.95. The van der Waals surface area contributed by atoms with Crippen LogP contribution in [0.2, 0.25) is 0 Å². The van der Waals surface area contributed by atoms with Crippen molar-refractivity contribution in [3.63, 3.8) is 0 Å². The third-order valence-corrected chi connectivity index (χ3v) is 5.45. The molecular formula is C17H27NO2S. The first-order valence-corrected chi connectivity index (χ1v) is 9.12. The molecule has 0 radical (unpaired) electrons. The van der Waals surface area contributed by atoms with Gasteiger partial charge >= 0.3 is 0 Å². The van der Waals surface area contributed by atoms with Gasteiger partial charge in [-0.15, -0.1) is 11.8 Å². The smallest absolute Gasteiger partial charge is 0.162 e. The molecule has 21 heavy (non-hydrogen) atoms. The van der Waals surface area contributed by atoms with Crippen LogP contribution in [0.5, 0.6) is 11.5 Å². The molecule has 0 atom stereocenters. The Morgan fingerprint density at radius 3 is 2.14 bits per heavy atom. The molecule has 2 rings (SSSR count). The van der Waals surface area contributed by atoms with Gasteiger partial charge in [0.05, 0.1) is 0 Å². The summed E-state index contributed by atoms with van der Waals surface area (Å²) in [6.07, 6.45) is 5.57. The van der Waals surface area contributed by atoms with Gasteiger partial charge in [0.2, 0.25) is 0 Å². The summed E-state index contributed by atoms with van der Waals surface area (Å²) in [5.74, 6) is 1.76. The Balaban J connectivity index is 2.19. The maximum atomic E-state index is 5.71. The van der Waals surface area contributed by atoms with Crippen LogP contribution < -0.4 is 14.8 Å². The van der Waals surface area contributed by atoms with E-state index in [2.05, 4.69) is 44.5 Å². The van der Waals surface area contributed by atoms with Crippen LogP contribution in [0.3, 0.4) is 0 Å². The second-order valence-electron chi connectivity index (χ2n) is 5.50. The molecule has 0 bridgehead atoms. The van der Waals surface area contributed by atoms with E-state index in [0.717, 1.165) is 37.3 Å². The Labute approximate surface area is 132 Å². The van der Waals surface area contributed by atoms with Gasteiger partial charge in [-0.05, 0) is 43.2 Å². The standard InChI is InChI=1S/C17H27NO2S/c1-5-17(6-2,7-3)18-12-13-10-14-15(11-16(13)21-4)20-9-8-19-14/h10-11,18H,5-9,12H2,1-4H3. The van der Waals surface area contributed by atoms with Crippen molar-refractivity contribution in [3.05, 3.63) is 17.7 Å². The van der Waals surface area contributed by atoms with E-state index < -0.39 is 0 Å². The van der Waals surface area contributed by atoms with Gasteiger partial charge in [-0.2, -0.15) is 0 Å². The number of nitrogens with one attached hydrogen (secondary N) is 1. The molecule has 1 aliphatic rings. The first kappa shape index (κ1) is 16.5. The molecule has 0 aliphatic carbocycles. The van der Waals surface area contributed by atoms with E-state index >= 15 is 0 Å². The molecule has 0 spiro atoms. The van der Waals surface area contributed by atoms with Crippen LogP contribution >= 0.6 is 11.8 Å². The van der Waals surface area contributed by atoms with E-state index in [0.29, 0.717) is 13.2 Å². The van der Waals surface area contributed by atoms with Crippen molar-refractivity contribution in [1.82, 2.24) is 5.32 Å². The fraction of sp³-hybridized carbons (Fsp3) is 0.647. The van der Waals surface area contributed by atoms with E-state index in [4.69, 9.17) is 9.47 Å². The maximum absolute atomic E-state index is 5.71. The van der Waals surface area contributed by atoms with E-state index in [9.17, 15) is 0 Å². The topological polar surface area (TPSA) is 30.5 Å². The fourth-order valence-electron chi connectivity index (χ4n) is 2.85. The van der Waals surface area contributed by atoms with Crippen LogP contribution in [0.25, 0.3) is 0 Å². The predicted molar refractivity (Wildman–Crippen MR) is 89.7 cm³/mol. The van der Waals surface area contributed by atoms with Gasteiger partial charge in [0.1, 0.15) is 13.2 Å². The number of ether oxygens (including phenoxy) is 2. The first-order valence-electron chi connectivity index (χ1n) is 7.89. The van der Waals surface area contributed by atoms with E-state index in [1.54, 1.807) is 11.8 Å². The van der Waals surface area contributed by atoms with Crippen LogP contribution in [0.4, 0.5) is 0 Å². The minimum Gasteiger partial charge on any atom is -0.486 e. The zero-order valence-corrected chi connectivity index (χ0v) is 14.4. The normalized spacial score (nSPS) is 14.3. The van der Waals surface area contributed by atoms with E-state index in [1.165, 1.54) is 10.5 Å². The Hall–Kier alpha value is -0.870. The predicted octanol–water partition coefficient (Wildman–Crippen LogP) is 4.24. The average Bonchev–Trinajstić information content (AvgIpc) is 2.55.